The molecule has 0 saturated heterocycles. The van der Waals surface area contributed by atoms with Crippen LogP contribution < -0.4 is 11.1 Å². The zero-order valence-electron chi connectivity index (χ0n) is 9.83. The lowest BCUT2D eigenvalue weighted by atomic mass is 10.1. The van der Waals surface area contributed by atoms with Crippen molar-refractivity contribution in [2.24, 2.45) is 0 Å². The molecule has 0 unspecified atom stereocenters. The molecule has 0 fully saturated rings. The first-order chi connectivity index (χ1) is 7.72. The molecule has 1 amide bonds. The number of benzene rings is 1. The van der Waals surface area contributed by atoms with Crippen LogP contribution in [0.3, 0.4) is 0 Å². The molecule has 0 radical (unpaired) electrons. The second-order valence-corrected chi connectivity index (χ2v) is 3.95. The van der Waals surface area contributed by atoms with E-state index in [1.165, 1.54) is 5.56 Å². The van der Waals surface area contributed by atoms with Gasteiger partial charge in [-0.05, 0) is 30.5 Å². The molecule has 0 aliphatic heterocycles. The highest BCUT2D eigenvalue weighted by atomic mass is 16.1. The molecule has 0 aliphatic rings. The number of carbonyl (C=O) groups excluding carboxylic acids is 1. The maximum absolute atomic E-state index is 11.3. The van der Waals surface area contributed by atoms with E-state index in [0.717, 1.165) is 24.9 Å². The number of anilines is 1. The van der Waals surface area contributed by atoms with Gasteiger partial charge in [0.2, 0.25) is 5.91 Å². The number of rotatable bonds is 6. The number of nitrogens with two attached hydrogens (primary N) is 1. The summed E-state index contributed by atoms with van der Waals surface area (Å²) in [6.07, 6.45) is 3.52. The van der Waals surface area contributed by atoms with E-state index in [9.17, 15) is 4.79 Å². The SMILES string of the molecule is CCCCC(=O)NCCc1ccc(N)cc1. The Bertz CT molecular complexity index is 319. The number of carbonyl (C=O) groups is 1. The Hall–Kier alpha value is -1.51. The van der Waals surface area contributed by atoms with E-state index < -0.39 is 0 Å². The Morgan fingerprint density at radius 2 is 2.00 bits per heavy atom. The van der Waals surface area contributed by atoms with Crippen LogP contribution in [-0.4, -0.2) is 12.5 Å². The van der Waals surface area contributed by atoms with Crippen molar-refractivity contribution in [1.29, 1.82) is 0 Å². The second-order valence-electron chi connectivity index (χ2n) is 3.95. The summed E-state index contributed by atoms with van der Waals surface area (Å²) in [4.78, 5) is 11.3. The van der Waals surface area contributed by atoms with Crippen LogP contribution in [0, 0.1) is 0 Å². The fourth-order valence-corrected chi connectivity index (χ4v) is 1.46. The maximum atomic E-state index is 11.3. The van der Waals surface area contributed by atoms with Gasteiger partial charge in [-0.2, -0.15) is 0 Å². The predicted octanol–water partition coefficient (Wildman–Crippen LogP) is 2.12. The smallest absolute Gasteiger partial charge is 0.220 e. The van der Waals surface area contributed by atoms with Gasteiger partial charge < -0.3 is 11.1 Å². The first-order valence-corrected chi connectivity index (χ1v) is 5.83. The number of unbranched alkanes of at least 4 members (excludes halogenated alkanes) is 1. The molecule has 0 aromatic heterocycles. The maximum Gasteiger partial charge on any atom is 0.220 e. The monoisotopic (exact) mass is 220 g/mol. The van der Waals surface area contributed by atoms with Crippen LogP contribution in [-0.2, 0) is 11.2 Å². The van der Waals surface area contributed by atoms with Crippen LogP contribution in [0.4, 0.5) is 5.69 Å². The summed E-state index contributed by atoms with van der Waals surface area (Å²) in [6.45, 7) is 2.79. The average molecular weight is 220 g/mol. The molecule has 0 aliphatic carbocycles. The van der Waals surface area contributed by atoms with Gasteiger partial charge in [-0.15, -0.1) is 0 Å². The van der Waals surface area contributed by atoms with Crippen molar-refractivity contribution in [3.8, 4) is 0 Å². The highest BCUT2D eigenvalue weighted by Crippen LogP contribution is 2.05. The second kappa shape index (κ2) is 6.88. The van der Waals surface area contributed by atoms with Gasteiger partial charge in [-0.1, -0.05) is 25.5 Å². The molecule has 3 nitrogen and oxygen atoms in total. The van der Waals surface area contributed by atoms with Gasteiger partial charge in [-0.25, -0.2) is 0 Å². The molecular weight excluding hydrogens is 200 g/mol. The van der Waals surface area contributed by atoms with E-state index in [-0.39, 0.29) is 5.91 Å². The lowest BCUT2D eigenvalue weighted by Gasteiger charge is -2.05. The fourth-order valence-electron chi connectivity index (χ4n) is 1.46. The van der Waals surface area contributed by atoms with Gasteiger partial charge in [0.15, 0.2) is 0 Å². The number of nitrogens with one attached hydrogen (secondary N) is 1. The third kappa shape index (κ3) is 4.82. The van der Waals surface area contributed by atoms with Crippen LogP contribution >= 0.6 is 0 Å². The molecule has 0 heterocycles. The number of hydrogen-bond donors (Lipinski definition) is 2. The van der Waals surface area contributed by atoms with E-state index >= 15 is 0 Å². The third-order valence-electron chi connectivity index (χ3n) is 2.47. The summed E-state index contributed by atoms with van der Waals surface area (Å²) in [5, 5.41) is 2.91. The number of amides is 1. The summed E-state index contributed by atoms with van der Waals surface area (Å²) in [5.74, 6) is 0.150. The Kier molecular flexibility index (Phi) is 5.40. The Morgan fingerprint density at radius 3 is 2.62 bits per heavy atom. The first-order valence-electron chi connectivity index (χ1n) is 5.83. The Balaban J connectivity index is 2.20. The van der Waals surface area contributed by atoms with Gasteiger partial charge in [-0.3, -0.25) is 4.79 Å². The summed E-state index contributed by atoms with van der Waals surface area (Å²) < 4.78 is 0. The summed E-state index contributed by atoms with van der Waals surface area (Å²) in [7, 11) is 0. The summed E-state index contributed by atoms with van der Waals surface area (Å²) in [6, 6.07) is 7.75. The fraction of sp³-hybridized carbons (Fsp3) is 0.462. The predicted molar refractivity (Wildman–Crippen MR) is 67.1 cm³/mol. The van der Waals surface area contributed by atoms with Crippen LogP contribution in [0.25, 0.3) is 0 Å². The quantitative estimate of drug-likeness (QED) is 0.721. The molecule has 3 heteroatoms. The topological polar surface area (TPSA) is 55.1 Å². The van der Waals surface area contributed by atoms with Crippen molar-refractivity contribution in [2.45, 2.75) is 32.6 Å². The van der Waals surface area contributed by atoms with Crippen molar-refractivity contribution in [2.75, 3.05) is 12.3 Å². The Labute approximate surface area is 97.0 Å². The number of nitrogen functional groups attached to an aromatic ring is 1. The third-order valence-corrected chi connectivity index (χ3v) is 2.47. The average Bonchev–Trinajstić information content (AvgIpc) is 2.29. The molecule has 0 atom stereocenters. The molecule has 1 aromatic rings. The zero-order chi connectivity index (χ0) is 11.8. The van der Waals surface area contributed by atoms with Crippen molar-refractivity contribution in [1.82, 2.24) is 5.32 Å². The van der Waals surface area contributed by atoms with Gasteiger partial charge in [0, 0.05) is 18.7 Å². The van der Waals surface area contributed by atoms with Gasteiger partial charge in [0.05, 0.1) is 0 Å². The number of hydrogen-bond acceptors (Lipinski definition) is 2. The normalized spacial score (nSPS) is 10.1. The van der Waals surface area contributed by atoms with E-state index in [1.54, 1.807) is 0 Å². The first kappa shape index (κ1) is 12.6. The van der Waals surface area contributed by atoms with Crippen LogP contribution in [0.2, 0.25) is 0 Å². The molecule has 0 saturated carbocycles. The highest BCUT2D eigenvalue weighted by Gasteiger charge is 1.99. The molecule has 16 heavy (non-hydrogen) atoms. The molecule has 1 rings (SSSR count). The van der Waals surface area contributed by atoms with Crippen LogP contribution in [0.1, 0.15) is 31.7 Å². The van der Waals surface area contributed by atoms with Crippen LogP contribution in [0.15, 0.2) is 24.3 Å². The van der Waals surface area contributed by atoms with E-state index in [1.807, 2.05) is 24.3 Å². The van der Waals surface area contributed by atoms with Gasteiger partial charge in [0.25, 0.3) is 0 Å². The van der Waals surface area contributed by atoms with Crippen molar-refractivity contribution < 1.29 is 4.79 Å². The minimum Gasteiger partial charge on any atom is -0.399 e. The lowest BCUT2D eigenvalue weighted by molar-refractivity contribution is -0.121. The zero-order valence-corrected chi connectivity index (χ0v) is 9.83. The molecule has 1 aromatic carbocycles. The molecule has 88 valence electrons. The van der Waals surface area contributed by atoms with Crippen molar-refractivity contribution in [3.63, 3.8) is 0 Å². The van der Waals surface area contributed by atoms with Crippen LogP contribution in [0.5, 0.6) is 0 Å². The van der Waals surface area contributed by atoms with E-state index in [2.05, 4.69) is 12.2 Å². The minimum absolute atomic E-state index is 0.150. The minimum atomic E-state index is 0.150. The standard InChI is InChI=1S/C13H20N2O/c1-2-3-4-13(16)15-10-9-11-5-7-12(14)8-6-11/h5-8H,2-4,9-10,14H2,1H3,(H,15,16). The van der Waals surface area contributed by atoms with Gasteiger partial charge >= 0.3 is 0 Å². The molecule has 3 N–H and O–H groups in total. The van der Waals surface area contributed by atoms with Gasteiger partial charge in [0.1, 0.15) is 0 Å². The summed E-state index contributed by atoms with van der Waals surface area (Å²) in [5.41, 5.74) is 7.56. The van der Waals surface area contributed by atoms with Crippen molar-refractivity contribution >= 4 is 11.6 Å². The highest BCUT2D eigenvalue weighted by molar-refractivity contribution is 5.75. The summed E-state index contributed by atoms with van der Waals surface area (Å²) >= 11 is 0. The molecule has 0 spiro atoms. The van der Waals surface area contributed by atoms with Crippen molar-refractivity contribution in [3.05, 3.63) is 29.8 Å². The largest absolute Gasteiger partial charge is 0.399 e. The lowest BCUT2D eigenvalue weighted by Crippen LogP contribution is -2.25. The molecular formula is C13H20N2O. The Morgan fingerprint density at radius 1 is 1.31 bits per heavy atom. The molecule has 0 bridgehead atoms. The van der Waals surface area contributed by atoms with E-state index in [4.69, 9.17) is 5.73 Å². The van der Waals surface area contributed by atoms with E-state index in [0.29, 0.717) is 13.0 Å².